The summed E-state index contributed by atoms with van der Waals surface area (Å²) < 4.78 is 4.93. The molecule has 0 saturated carbocycles. The summed E-state index contributed by atoms with van der Waals surface area (Å²) in [6.45, 7) is 2.26. The van der Waals surface area contributed by atoms with Gasteiger partial charge in [0.15, 0.2) is 0 Å². The minimum atomic E-state index is 0. The van der Waals surface area contributed by atoms with Gasteiger partial charge in [-0.25, -0.2) is 0 Å². The third kappa shape index (κ3) is 7.11. The second-order valence-corrected chi connectivity index (χ2v) is 4.27. The van der Waals surface area contributed by atoms with Gasteiger partial charge in [-0.3, -0.25) is 4.79 Å². The van der Waals surface area contributed by atoms with Gasteiger partial charge in [-0.15, -0.1) is 5.25 Å². The van der Waals surface area contributed by atoms with Gasteiger partial charge < -0.3 is 22.3 Å². The summed E-state index contributed by atoms with van der Waals surface area (Å²) in [6, 6.07) is 10.1. The number of benzene rings is 1. The first kappa shape index (κ1) is 17.0. The summed E-state index contributed by atoms with van der Waals surface area (Å²) in [7, 11) is 1.70. The van der Waals surface area contributed by atoms with E-state index in [1.807, 2.05) is 30.3 Å². The second-order valence-electron chi connectivity index (χ2n) is 3.60. The van der Waals surface area contributed by atoms with E-state index in [-0.39, 0.29) is 29.6 Å². The van der Waals surface area contributed by atoms with Crippen LogP contribution < -0.4 is 29.6 Å². The normalized spacial score (nSPS) is 13.9. The molecule has 17 heavy (non-hydrogen) atoms. The van der Waals surface area contributed by atoms with Crippen molar-refractivity contribution >= 4 is 19.0 Å². The third-order valence-corrected chi connectivity index (χ3v) is 2.48. The zero-order valence-electron chi connectivity index (χ0n) is 10.3. The topological polar surface area (TPSA) is 29.5 Å². The molecule has 5 heteroatoms. The molecule has 1 aromatic carbocycles. The Labute approximate surface area is 130 Å². The Bertz CT molecular complexity index is 305. The van der Waals surface area contributed by atoms with Crippen molar-refractivity contribution in [3.63, 3.8) is 0 Å². The monoisotopic (exact) mass is 261 g/mol. The quantitative estimate of drug-likeness (QED) is 0.366. The van der Waals surface area contributed by atoms with Crippen LogP contribution >= 0.6 is 0 Å². The standard InChI is InChI=1S/C8H10O.C4H7NOS.Na/c1-9-7-8-5-3-2-4-6-8;6-3-5-1-4(7)2-5;/h2-6H,7H2,1H3;3-4,7H,1-2H2;/q;;+1/p-1. The fraction of sp³-hybridized carbons (Fsp3) is 0.417. The van der Waals surface area contributed by atoms with Crippen molar-refractivity contribution in [1.29, 1.82) is 0 Å². The van der Waals surface area contributed by atoms with Crippen molar-refractivity contribution in [3.05, 3.63) is 35.9 Å². The maximum absolute atomic E-state index is 9.81. The summed E-state index contributed by atoms with van der Waals surface area (Å²) >= 11 is 4.81. The molecule has 1 aliphatic heterocycles. The molecule has 0 radical (unpaired) electrons. The molecular weight excluding hydrogens is 245 g/mol. The molecule has 1 fully saturated rings. The minimum Gasteiger partial charge on any atom is -0.786 e. The number of carbonyl (C=O) groups is 1. The molecule has 1 saturated heterocycles. The smallest absolute Gasteiger partial charge is 0.786 e. The summed E-state index contributed by atoms with van der Waals surface area (Å²) in [5.41, 5.74) is 1.22. The number of nitrogens with zero attached hydrogens (tertiary/aromatic N) is 1. The Morgan fingerprint density at radius 3 is 2.35 bits per heavy atom. The van der Waals surface area contributed by atoms with Gasteiger partial charge in [0.25, 0.3) is 0 Å². The number of ether oxygens (including phenoxy) is 1. The van der Waals surface area contributed by atoms with Crippen LogP contribution in [-0.4, -0.2) is 36.8 Å². The van der Waals surface area contributed by atoms with Crippen LogP contribution in [0.15, 0.2) is 30.3 Å². The molecule has 0 bridgehead atoms. The van der Waals surface area contributed by atoms with Crippen molar-refractivity contribution < 1.29 is 39.1 Å². The summed E-state index contributed by atoms with van der Waals surface area (Å²) in [4.78, 5) is 11.5. The van der Waals surface area contributed by atoms with E-state index in [1.165, 1.54) is 5.56 Å². The van der Waals surface area contributed by atoms with Gasteiger partial charge in [-0.05, 0) is 5.56 Å². The summed E-state index contributed by atoms with van der Waals surface area (Å²) in [5, 5.41) is 0.324. The number of carbonyl (C=O) groups excluding carboxylic acids is 1. The fourth-order valence-corrected chi connectivity index (χ4v) is 1.68. The molecule has 3 nitrogen and oxygen atoms in total. The number of rotatable bonds is 3. The van der Waals surface area contributed by atoms with Gasteiger partial charge in [0.05, 0.1) is 6.61 Å². The van der Waals surface area contributed by atoms with Crippen LogP contribution in [0.1, 0.15) is 5.56 Å². The average molecular weight is 261 g/mol. The first-order chi connectivity index (χ1) is 7.76. The first-order valence-corrected chi connectivity index (χ1v) is 5.61. The fourth-order valence-electron chi connectivity index (χ4n) is 1.30. The van der Waals surface area contributed by atoms with Gasteiger partial charge in [0.2, 0.25) is 6.41 Å². The molecule has 0 aliphatic carbocycles. The van der Waals surface area contributed by atoms with E-state index in [9.17, 15) is 4.79 Å². The minimum absolute atomic E-state index is 0. The Balaban J connectivity index is 0.000000292. The number of hydrogen-bond acceptors (Lipinski definition) is 3. The zero-order valence-corrected chi connectivity index (χ0v) is 13.2. The molecule has 88 valence electrons. The number of methoxy groups -OCH3 is 1. The van der Waals surface area contributed by atoms with Crippen LogP contribution in [0.4, 0.5) is 0 Å². The maximum Gasteiger partial charge on any atom is 1.00 e. The van der Waals surface area contributed by atoms with Gasteiger partial charge >= 0.3 is 29.6 Å². The van der Waals surface area contributed by atoms with E-state index in [0.717, 1.165) is 19.5 Å². The Morgan fingerprint density at radius 1 is 1.41 bits per heavy atom. The van der Waals surface area contributed by atoms with Gasteiger partial charge in [-0.1, -0.05) is 30.3 Å². The van der Waals surface area contributed by atoms with E-state index in [1.54, 1.807) is 12.0 Å². The number of likely N-dealkylation sites (tertiary alicyclic amines) is 1. The molecule has 1 amide bonds. The zero-order chi connectivity index (χ0) is 11.8. The predicted molar refractivity (Wildman–Crippen MR) is 65.9 cm³/mol. The van der Waals surface area contributed by atoms with Crippen LogP contribution in [-0.2, 0) is 28.8 Å². The Hall–Kier alpha value is 0.000000000000000111. The van der Waals surface area contributed by atoms with E-state index in [0.29, 0.717) is 11.9 Å². The largest absolute Gasteiger partial charge is 1.00 e. The van der Waals surface area contributed by atoms with Crippen LogP contribution in [0.3, 0.4) is 0 Å². The van der Waals surface area contributed by atoms with Crippen molar-refractivity contribution in [2.24, 2.45) is 0 Å². The molecular formula is C12H16NNaO2S. The number of amides is 1. The molecule has 0 unspecified atom stereocenters. The van der Waals surface area contributed by atoms with Crippen LogP contribution in [0.5, 0.6) is 0 Å². The summed E-state index contributed by atoms with van der Waals surface area (Å²) in [5.74, 6) is 0. The van der Waals surface area contributed by atoms with Crippen molar-refractivity contribution in [3.8, 4) is 0 Å². The number of hydrogen-bond donors (Lipinski definition) is 0. The Morgan fingerprint density at radius 2 is 2.00 bits per heavy atom. The molecule has 2 rings (SSSR count). The SMILES string of the molecule is COCc1ccccc1.O=CN1CC([S-])C1.[Na+]. The van der Waals surface area contributed by atoms with E-state index < -0.39 is 0 Å². The van der Waals surface area contributed by atoms with Crippen LogP contribution in [0, 0.1) is 0 Å². The maximum atomic E-state index is 9.81. The first-order valence-electron chi connectivity index (χ1n) is 5.14. The van der Waals surface area contributed by atoms with Crippen LogP contribution in [0.2, 0.25) is 0 Å². The molecule has 1 aliphatic rings. The van der Waals surface area contributed by atoms with Crippen LogP contribution in [0.25, 0.3) is 0 Å². The second kappa shape index (κ2) is 9.97. The molecule has 0 aromatic heterocycles. The van der Waals surface area contributed by atoms with Crippen molar-refractivity contribution in [2.45, 2.75) is 11.9 Å². The van der Waals surface area contributed by atoms with E-state index in [4.69, 9.17) is 17.4 Å². The predicted octanol–water partition coefficient (Wildman–Crippen LogP) is -1.79. The molecule has 0 N–H and O–H groups in total. The third-order valence-electron chi connectivity index (χ3n) is 2.18. The van der Waals surface area contributed by atoms with Gasteiger partial charge in [0, 0.05) is 20.2 Å². The molecule has 1 aromatic rings. The van der Waals surface area contributed by atoms with E-state index in [2.05, 4.69) is 0 Å². The van der Waals surface area contributed by atoms with E-state index >= 15 is 0 Å². The molecule has 0 spiro atoms. The van der Waals surface area contributed by atoms with Crippen molar-refractivity contribution in [1.82, 2.24) is 4.90 Å². The summed E-state index contributed by atoms with van der Waals surface area (Å²) in [6.07, 6.45) is 0.836. The van der Waals surface area contributed by atoms with Gasteiger partial charge in [0.1, 0.15) is 0 Å². The molecule has 1 heterocycles. The molecule has 0 atom stereocenters. The van der Waals surface area contributed by atoms with Gasteiger partial charge in [-0.2, -0.15) is 0 Å². The van der Waals surface area contributed by atoms with Crippen molar-refractivity contribution in [2.75, 3.05) is 20.2 Å². The Kier molecular flexibility index (Phi) is 9.97. The average Bonchev–Trinajstić information content (AvgIpc) is 2.28.